The number of carbonyl (C=O) groups excluding carboxylic acids is 2. The van der Waals surface area contributed by atoms with E-state index in [0.717, 1.165) is 55.5 Å². The number of ether oxygens (including phenoxy) is 1. The number of rotatable bonds is 6. The maximum absolute atomic E-state index is 13.2. The van der Waals surface area contributed by atoms with Crippen molar-refractivity contribution in [1.82, 2.24) is 5.32 Å². The lowest BCUT2D eigenvalue weighted by molar-refractivity contribution is 0.0858. The Hall–Kier alpha value is -2.38. The van der Waals surface area contributed by atoms with E-state index in [1.165, 1.54) is 0 Å². The first kappa shape index (κ1) is 22.8. The number of nitrogens with one attached hydrogen (secondary N) is 2. The molecule has 2 heterocycles. The molecule has 2 aromatic carbocycles. The monoisotopic (exact) mass is 499 g/mol. The van der Waals surface area contributed by atoms with Crippen LogP contribution in [0.5, 0.6) is 0 Å². The Balaban J connectivity index is 1.54. The van der Waals surface area contributed by atoms with Gasteiger partial charge in [0.1, 0.15) is 0 Å². The highest BCUT2D eigenvalue weighted by Gasteiger charge is 2.23. The number of halogens is 1. The number of hydrogen-bond acceptors (Lipinski definition) is 4. The first-order valence-corrected chi connectivity index (χ1v) is 12.1. The van der Waals surface area contributed by atoms with Gasteiger partial charge in [0.2, 0.25) is 0 Å². The van der Waals surface area contributed by atoms with Crippen molar-refractivity contribution < 1.29 is 14.3 Å². The zero-order valence-electron chi connectivity index (χ0n) is 18.4. The summed E-state index contributed by atoms with van der Waals surface area (Å²) < 4.78 is 6.49. The van der Waals surface area contributed by atoms with Crippen LogP contribution >= 0.6 is 15.9 Å². The second kappa shape index (κ2) is 10.5. The van der Waals surface area contributed by atoms with Gasteiger partial charge in [-0.15, -0.1) is 0 Å². The van der Waals surface area contributed by atoms with Crippen molar-refractivity contribution in [2.24, 2.45) is 5.92 Å². The van der Waals surface area contributed by atoms with E-state index in [1.54, 1.807) is 18.2 Å². The highest BCUT2D eigenvalue weighted by atomic mass is 79.9. The molecule has 2 aliphatic heterocycles. The minimum atomic E-state index is -0.212. The number of hydrogen-bond donors (Lipinski definition) is 2. The molecule has 0 spiro atoms. The Kier molecular flexibility index (Phi) is 7.48. The Morgan fingerprint density at radius 3 is 2.62 bits per heavy atom. The summed E-state index contributed by atoms with van der Waals surface area (Å²) in [5.74, 6) is 0.357. The normalized spacial score (nSPS) is 19.1. The van der Waals surface area contributed by atoms with E-state index in [1.807, 2.05) is 24.3 Å². The van der Waals surface area contributed by atoms with Crippen molar-refractivity contribution in [2.75, 3.05) is 36.5 Å². The van der Waals surface area contributed by atoms with Crippen molar-refractivity contribution in [3.63, 3.8) is 0 Å². The third-order valence-corrected chi connectivity index (χ3v) is 6.72. The summed E-state index contributed by atoms with van der Waals surface area (Å²) in [5, 5.41) is 5.97. The van der Waals surface area contributed by atoms with Crippen molar-refractivity contribution in [2.45, 2.75) is 38.7 Å². The minimum Gasteiger partial charge on any atom is -0.376 e. The maximum atomic E-state index is 13.2. The molecule has 6 nitrogen and oxygen atoms in total. The first-order valence-electron chi connectivity index (χ1n) is 11.4. The lowest BCUT2D eigenvalue weighted by Gasteiger charge is -2.33. The molecule has 0 saturated carbocycles. The molecule has 0 bridgehead atoms. The fraction of sp³-hybridized carbons (Fsp3) is 0.440. The molecule has 2 amide bonds. The van der Waals surface area contributed by atoms with Gasteiger partial charge in [-0.2, -0.15) is 0 Å². The van der Waals surface area contributed by atoms with E-state index < -0.39 is 0 Å². The average molecular weight is 500 g/mol. The zero-order valence-corrected chi connectivity index (χ0v) is 20.0. The molecule has 0 aliphatic carbocycles. The van der Waals surface area contributed by atoms with Crippen LogP contribution in [0.1, 0.15) is 53.3 Å². The standard InChI is InChI=1S/C25H30BrN3O3/c1-17-9-11-29(12-10-17)23-8-7-20(28-24(30)18-4-2-5-19(26)14-18)15-22(23)25(31)27-16-21-6-3-13-32-21/h2,4-5,7-8,14-15,17,21H,3,6,9-13,16H2,1H3,(H,27,31)(H,28,30). The third kappa shape index (κ3) is 5.70. The van der Waals surface area contributed by atoms with Gasteiger partial charge < -0.3 is 20.3 Å². The van der Waals surface area contributed by atoms with Crippen molar-refractivity contribution >= 4 is 39.1 Å². The van der Waals surface area contributed by atoms with E-state index >= 15 is 0 Å². The summed E-state index contributed by atoms with van der Waals surface area (Å²) in [7, 11) is 0. The van der Waals surface area contributed by atoms with Crippen LogP contribution in [0, 0.1) is 5.92 Å². The Labute approximate surface area is 197 Å². The van der Waals surface area contributed by atoms with Crippen LogP contribution in [0.3, 0.4) is 0 Å². The summed E-state index contributed by atoms with van der Waals surface area (Å²) in [6.07, 6.45) is 4.31. The lowest BCUT2D eigenvalue weighted by atomic mass is 9.97. The quantitative estimate of drug-likeness (QED) is 0.595. The van der Waals surface area contributed by atoms with Crippen LogP contribution < -0.4 is 15.5 Å². The van der Waals surface area contributed by atoms with Gasteiger partial charge in [-0.3, -0.25) is 9.59 Å². The number of piperidine rings is 1. The van der Waals surface area contributed by atoms with Gasteiger partial charge in [-0.05, 0) is 68.0 Å². The molecule has 170 valence electrons. The number of amides is 2. The molecule has 4 rings (SSSR count). The highest BCUT2D eigenvalue weighted by molar-refractivity contribution is 9.10. The average Bonchev–Trinajstić information content (AvgIpc) is 3.32. The first-order chi connectivity index (χ1) is 15.5. The molecule has 32 heavy (non-hydrogen) atoms. The summed E-state index contributed by atoms with van der Waals surface area (Å²) in [4.78, 5) is 28.2. The van der Waals surface area contributed by atoms with Gasteiger partial charge in [0.05, 0.1) is 11.7 Å². The Bertz CT molecular complexity index is 967. The Morgan fingerprint density at radius 1 is 1.09 bits per heavy atom. The highest BCUT2D eigenvalue weighted by Crippen LogP contribution is 2.29. The molecule has 2 aromatic rings. The fourth-order valence-corrected chi connectivity index (χ4v) is 4.66. The molecule has 2 N–H and O–H groups in total. The van der Waals surface area contributed by atoms with Crippen LogP contribution in [-0.2, 0) is 4.74 Å². The number of nitrogens with zero attached hydrogens (tertiary/aromatic N) is 1. The van der Waals surface area contributed by atoms with Gasteiger partial charge in [-0.25, -0.2) is 0 Å². The SMILES string of the molecule is CC1CCN(c2ccc(NC(=O)c3cccc(Br)c3)cc2C(=O)NCC2CCCO2)CC1. The molecule has 2 fully saturated rings. The van der Waals surface area contributed by atoms with E-state index in [9.17, 15) is 9.59 Å². The molecule has 1 atom stereocenters. The molecule has 2 saturated heterocycles. The lowest BCUT2D eigenvalue weighted by Crippen LogP contribution is -2.36. The van der Waals surface area contributed by atoms with Crippen LogP contribution in [0.15, 0.2) is 46.9 Å². The van der Waals surface area contributed by atoms with E-state index in [-0.39, 0.29) is 17.9 Å². The van der Waals surface area contributed by atoms with Crippen molar-refractivity contribution in [1.29, 1.82) is 0 Å². The summed E-state index contributed by atoms with van der Waals surface area (Å²) in [5.41, 5.74) is 2.66. The molecule has 7 heteroatoms. The van der Waals surface area contributed by atoms with Gasteiger partial charge in [0.25, 0.3) is 11.8 Å². The predicted octanol–water partition coefficient (Wildman–Crippen LogP) is 4.85. The summed E-state index contributed by atoms with van der Waals surface area (Å²) in [6, 6.07) is 12.8. The van der Waals surface area contributed by atoms with Crippen LogP contribution in [0.25, 0.3) is 0 Å². The predicted molar refractivity (Wildman–Crippen MR) is 130 cm³/mol. The molecular formula is C25H30BrN3O3. The second-order valence-corrected chi connectivity index (χ2v) is 9.63. The number of benzene rings is 2. The molecule has 0 aromatic heterocycles. The zero-order chi connectivity index (χ0) is 22.5. The summed E-state index contributed by atoms with van der Waals surface area (Å²) in [6.45, 7) is 5.39. The smallest absolute Gasteiger partial charge is 0.255 e. The van der Waals surface area contributed by atoms with E-state index in [4.69, 9.17) is 4.74 Å². The number of carbonyl (C=O) groups is 2. The van der Waals surface area contributed by atoms with Gasteiger partial charge in [0, 0.05) is 47.7 Å². The van der Waals surface area contributed by atoms with E-state index in [2.05, 4.69) is 38.4 Å². The second-order valence-electron chi connectivity index (χ2n) is 8.71. The topological polar surface area (TPSA) is 70.7 Å². The van der Waals surface area contributed by atoms with Gasteiger partial charge >= 0.3 is 0 Å². The summed E-state index contributed by atoms with van der Waals surface area (Å²) >= 11 is 3.40. The molecule has 0 radical (unpaired) electrons. The molecule has 1 unspecified atom stereocenters. The largest absolute Gasteiger partial charge is 0.376 e. The van der Waals surface area contributed by atoms with E-state index in [0.29, 0.717) is 29.3 Å². The van der Waals surface area contributed by atoms with Gasteiger partial charge in [0.15, 0.2) is 0 Å². The fourth-order valence-electron chi connectivity index (χ4n) is 4.26. The van der Waals surface area contributed by atoms with Crippen molar-refractivity contribution in [3.8, 4) is 0 Å². The van der Waals surface area contributed by atoms with Crippen LogP contribution in [0.2, 0.25) is 0 Å². The van der Waals surface area contributed by atoms with Crippen molar-refractivity contribution in [3.05, 3.63) is 58.1 Å². The van der Waals surface area contributed by atoms with Crippen LogP contribution in [-0.4, -0.2) is 44.2 Å². The van der Waals surface area contributed by atoms with Crippen LogP contribution in [0.4, 0.5) is 11.4 Å². The third-order valence-electron chi connectivity index (χ3n) is 6.22. The molecule has 2 aliphatic rings. The number of anilines is 2. The molecular weight excluding hydrogens is 470 g/mol. The maximum Gasteiger partial charge on any atom is 0.255 e. The minimum absolute atomic E-state index is 0.0812. The Morgan fingerprint density at radius 2 is 1.91 bits per heavy atom. The van der Waals surface area contributed by atoms with Gasteiger partial charge in [-0.1, -0.05) is 28.9 Å².